The zero-order valence-corrected chi connectivity index (χ0v) is 13.5. The third-order valence-electron chi connectivity index (χ3n) is 3.87. The van der Waals surface area contributed by atoms with Crippen LogP contribution in [0, 0.1) is 0 Å². The van der Waals surface area contributed by atoms with Crippen LogP contribution in [0.3, 0.4) is 0 Å². The molecule has 0 bridgehead atoms. The number of halogens is 2. The Morgan fingerprint density at radius 2 is 1.86 bits per heavy atom. The number of carbonyl (C=O) groups is 2. The van der Waals surface area contributed by atoms with E-state index >= 15 is 0 Å². The highest BCUT2D eigenvalue weighted by Gasteiger charge is 2.40. The number of carbonyl (C=O) groups excluding carboxylic acids is 1. The Labute approximate surface area is 139 Å². The average molecular weight is 342 g/mol. The van der Waals surface area contributed by atoms with Crippen molar-refractivity contribution in [1.82, 2.24) is 5.32 Å². The SMILES string of the molecule is O=C(/C=C/c1cccc(Cl)c1Cl)NC1(C(=O)O)CCCCC1. The summed E-state index contributed by atoms with van der Waals surface area (Å²) in [4.78, 5) is 23.6. The second-order valence-corrected chi connectivity index (χ2v) is 6.20. The van der Waals surface area contributed by atoms with Crippen molar-refractivity contribution in [3.63, 3.8) is 0 Å². The number of amides is 1. The first-order valence-corrected chi connectivity index (χ1v) is 7.88. The van der Waals surface area contributed by atoms with Crippen molar-refractivity contribution in [2.24, 2.45) is 0 Å². The number of hydrogen-bond acceptors (Lipinski definition) is 2. The summed E-state index contributed by atoms with van der Waals surface area (Å²) in [6.07, 6.45) is 6.34. The highest BCUT2D eigenvalue weighted by molar-refractivity contribution is 6.42. The molecule has 1 saturated carbocycles. The Kier molecular flexibility index (Phi) is 5.48. The Balaban J connectivity index is 2.10. The van der Waals surface area contributed by atoms with Crippen LogP contribution in [0.5, 0.6) is 0 Å². The van der Waals surface area contributed by atoms with E-state index in [9.17, 15) is 14.7 Å². The van der Waals surface area contributed by atoms with Crippen LogP contribution in [-0.4, -0.2) is 22.5 Å². The number of carboxylic acids is 1. The molecular formula is C16H17Cl2NO3. The minimum absolute atomic E-state index is 0.360. The summed E-state index contributed by atoms with van der Waals surface area (Å²) < 4.78 is 0. The lowest BCUT2D eigenvalue weighted by Gasteiger charge is -2.33. The number of carboxylic acid groups (broad SMARTS) is 1. The molecule has 1 fully saturated rings. The van der Waals surface area contributed by atoms with E-state index in [2.05, 4.69) is 5.32 Å². The maximum Gasteiger partial charge on any atom is 0.329 e. The Bertz CT molecular complexity index is 607. The number of aliphatic carboxylic acids is 1. The van der Waals surface area contributed by atoms with Gasteiger partial charge in [0.15, 0.2) is 0 Å². The highest BCUT2D eigenvalue weighted by Crippen LogP contribution is 2.29. The maximum atomic E-state index is 12.1. The molecule has 4 nitrogen and oxygen atoms in total. The predicted molar refractivity (Wildman–Crippen MR) is 87.1 cm³/mol. The molecule has 1 aromatic carbocycles. The van der Waals surface area contributed by atoms with Crippen LogP contribution < -0.4 is 5.32 Å². The van der Waals surface area contributed by atoms with Gasteiger partial charge in [-0.15, -0.1) is 0 Å². The second kappa shape index (κ2) is 7.16. The normalized spacial score (nSPS) is 17.4. The van der Waals surface area contributed by atoms with E-state index < -0.39 is 17.4 Å². The fourth-order valence-electron chi connectivity index (χ4n) is 2.64. The summed E-state index contributed by atoms with van der Waals surface area (Å²) in [5.74, 6) is -1.42. The van der Waals surface area contributed by atoms with Crippen molar-refractivity contribution in [2.75, 3.05) is 0 Å². The highest BCUT2D eigenvalue weighted by atomic mass is 35.5. The van der Waals surface area contributed by atoms with Gasteiger partial charge in [-0.25, -0.2) is 4.79 Å². The van der Waals surface area contributed by atoms with Gasteiger partial charge in [-0.1, -0.05) is 54.6 Å². The number of hydrogen-bond donors (Lipinski definition) is 2. The zero-order chi connectivity index (χ0) is 16.2. The maximum absolute atomic E-state index is 12.1. The molecule has 22 heavy (non-hydrogen) atoms. The van der Waals surface area contributed by atoms with Crippen molar-refractivity contribution in [1.29, 1.82) is 0 Å². The van der Waals surface area contributed by atoms with Gasteiger partial charge < -0.3 is 10.4 Å². The topological polar surface area (TPSA) is 66.4 Å². The van der Waals surface area contributed by atoms with Gasteiger partial charge in [-0.3, -0.25) is 4.79 Å². The van der Waals surface area contributed by atoms with Gasteiger partial charge in [0.2, 0.25) is 5.91 Å². The smallest absolute Gasteiger partial charge is 0.329 e. The third kappa shape index (κ3) is 3.81. The van der Waals surface area contributed by atoms with Crippen molar-refractivity contribution in [3.8, 4) is 0 Å². The molecule has 2 N–H and O–H groups in total. The van der Waals surface area contributed by atoms with Gasteiger partial charge >= 0.3 is 5.97 Å². The summed E-state index contributed by atoms with van der Waals surface area (Å²) in [5, 5.41) is 12.8. The van der Waals surface area contributed by atoms with E-state index in [-0.39, 0.29) is 0 Å². The van der Waals surface area contributed by atoms with Gasteiger partial charge in [-0.2, -0.15) is 0 Å². The van der Waals surface area contributed by atoms with Crippen LogP contribution in [0.25, 0.3) is 6.08 Å². The van der Waals surface area contributed by atoms with Crippen LogP contribution in [0.15, 0.2) is 24.3 Å². The van der Waals surface area contributed by atoms with Crippen LogP contribution >= 0.6 is 23.2 Å². The monoisotopic (exact) mass is 341 g/mol. The molecule has 0 atom stereocenters. The molecule has 2 rings (SSSR count). The molecular weight excluding hydrogens is 325 g/mol. The fraction of sp³-hybridized carbons (Fsp3) is 0.375. The van der Waals surface area contributed by atoms with Crippen molar-refractivity contribution < 1.29 is 14.7 Å². The van der Waals surface area contributed by atoms with E-state index in [1.165, 1.54) is 12.2 Å². The van der Waals surface area contributed by atoms with E-state index in [0.29, 0.717) is 28.5 Å². The van der Waals surface area contributed by atoms with Crippen LogP contribution in [0.1, 0.15) is 37.7 Å². The lowest BCUT2D eigenvalue weighted by molar-refractivity contribution is -0.148. The van der Waals surface area contributed by atoms with Crippen molar-refractivity contribution >= 4 is 41.2 Å². The number of benzene rings is 1. The number of nitrogens with one attached hydrogen (secondary N) is 1. The van der Waals surface area contributed by atoms with Gasteiger partial charge in [0, 0.05) is 6.08 Å². The molecule has 6 heteroatoms. The van der Waals surface area contributed by atoms with E-state index in [1.54, 1.807) is 18.2 Å². The number of rotatable bonds is 4. The molecule has 1 amide bonds. The molecule has 1 aliphatic carbocycles. The molecule has 0 radical (unpaired) electrons. The molecule has 0 saturated heterocycles. The van der Waals surface area contributed by atoms with E-state index in [4.69, 9.17) is 23.2 Å². The van der Waals surface area contributed by atoms with Gasteiger partial charge in [0.25, 0.3) is 0 Å². The second-order valence-electron chi connectivity index (χ2n) is 5.41. The third-order valence-corrected chi connectivity index (χ3v) is 4.71. The first kappa shape index (κ1) is 16.8. The Morgan fingerprint density at radius 1 is 1.18 bits per heavy atom. The fourth-order valence-corrected chi connectivity index (χ4v) is 3.01. The lowest BCUT2D eigenvalue weighted by atomic mass is 9.81. The van der Waals surface area contributed by atoms with Crippen LogP contribution in [0.4, 0.5) is 0 Å². The van der Waals surface area contributed by atoms with E-state index in [1.807, 2.05) is 0 Å². The van der Waals surface area contributed by atoms with Gasteiger partial charge in [0.05, 0.1) is 10.0 Å². The summed E-state index contributed by atoms with van der Waals surface area (Å²) in [6, 6.07) is 5.11. The quantitative estimate of drug-likeness (QED) is 0.816. The Morgan fingerprint density at radius 3 is 2.50 bits per heavy atom. The van der Waals surface area contributed by atoms with Gasteiger partial charge in [-0.05, 0) is 30.5 Å². The molecule has 1 aliphatic rings. The first-order chi connectivity index (χ1) is 10.4. The molecule has 1 aromatic rings. The standard InChI is InChI=1S/C16H17Cl2NO3/c17-12-6-4-5-11(14(12)18)7-8-13(20)19-16(15(21)22)9-2-1-3-10-16/h4-8H,1-3,9-10H2,(H,19,20)(H,21,22)/b8-7+. The zero-order valence-electron chi connectivity index (χ0n) is 11.9. The molecule has 0 heterocycles. The van der Waals surface area contributed by atoms with Crippen LogP contribution in [0.2, 0.25) is 10.0 Å². The minimum atomic E-state index is -1.15. The average Bonchev–Trinajstić information content (AvgIpc) is 2.49. The summed E-state index contributed by atoms with van der Waals surface area (Å²) in [7, 11) is 0. The summed E-state index contributed by atoms with van der Waals surface area (Å²) in [5.41, 5.74) is -0.546. The van der Waals surface area contributed by atoms with Crippen molar-refractivity contribution in [3.05, 3.63) is 39.9 Å². The van der Waals surface area contributed by atoms with Crippen LogP contribution in [-0.2, 0) is 9.59 Å². The molecule has 118 valence electrons. The largest absolute Gasteiger partial charge is 0.480 e. The molecule has 0 aromatic heterocycles. The first-order valence-electron chi connectivity index (χ1n) is 7.12. The van der Waals surface area contributed by atoms with Crippen molar-refractivity contribution in [2.45, 2.75) is 37.6 Å². The predicted octanol–water partition coefficient (Wildman–Crippen LogP) is 3.91. The van der Waals surface area contributed by atoms with E-state index in [0.717, 1.165) is 19.3 Å². The summed E-state index contributed by atoms with van der Waals surface area (Å²) >= 11 is 11.9. The summed E-state index contributed by atoms with van der Waals surface area (Å²) in [6.45, 7) is 0. The lowest BCUT2D eigenvalue weighted by Crippen LogP contribution is -2.55. The molecule has 0 unspecified atom stereocenters. The molecule has 0 spiro atoms. The minimum Gasteiger partial charge on any atom is -0.480 e. The molecule has 0 aliphatic heterocycles. The van der Waals surface area contributed by atoms with Gasteiger partial charge in [0.1, 0.15) is 5.54 Å². The Hall–Kier alpha value is -1.52.